The van der Waals surface area contributed by atoms with Gasteiger partial charge in [0.2, 0.25) is 0 Å². The molecule has 0 heterocycles. The first kappa shape index (κ1) is 10.8. The van der Waals surface area contributed by atoms with Crippen molar-refractivity contribution in [1.29, 1.82) is 0 Å². The van der Waals surface area contributed by atoms with Crippen LogP contribution in [0.15, 0.2) is 0 Å². The lowest BCUT2D eigenvalue weighted by Gasteiger charge is -2.60. The number of aldehydes is 1. The molecule has 4 aliphatic rings. The molecular formula is C14H22O2. The SMILES string of the molecule is CCC1(OCC=O)C2CC3CC(C2)CC1C3. The van der Waals surface area contributed by atoms with Crippen molar-refractivity contribution in [3.05, 3.63) is 0 Å². The zero-order valence-electron chi connectivity index (χ0n) is 10.2. The smallest absolute Gasteiger partial charge is 0.145 e. The standard InChI is InChI=1S/C14H22O2/c1-2-14(16-4-3-15)12-6-10-5-11(8-12)9-13(14)7-10/h3,10-13H,2,4-9H2,1H3. The Hall–Kier alpha value is -0.370. The third-order valence-corrected chi connectivity index (χ3v) is 5.49. The summed E-state index contributed by atoms with van der Waals surface area (Å²) in [6.45, 7) is 2.54. The van der Waals surface area contributed by atoms with Crippen LogP contribution in [0.4, 0.5) is 0 Å². The van der Waals surface area contributed by atoms with Crippen molar-refractivity contribution in [3.63, 3.8) is 0 Å². The number of carbonyl (C=O) groups excluding carboxylic acids is 1. The Labute approximate surface area is 97.7 Å². The van der Waals surface area contributed by atoms with Gasteiger partial charge >= 0.3 is 0 Å². The maximum atomic E-state index is 10.6. The molecule has 16 heavy (non-hydrogen) atoms. The molecule has 0 aliphatic heterocycles. The van der Waals surface area contributed by atoms with Crippen LogP contribution in [-0.4, -0.2) is 18.5 Å². The topological polar surface area (TPSA) is 26.3 Å². The van der Waals surface area contributed by atoms with E-state index in [-0.39, 0.29) is 5.60 Å². The van der Waals surface area contributed by atoms with Gasteiger partial charge in [-0.05, 0) is 62.2 Å². The van der Waals surface area contributed by atoms with Crippen LogP contribution in [0.1, 0.15) is 45.4 Å². The first-order chi connectivity index (χ1) is 7.78. The van der Waals surface area contributed by atoms with Crippen molar-refractivity contribution in [2.45, 2.75) is 51.0 Å². The summed E-state index contributed by atoms with van der Waals surface area (Å²) in [5.41, 5.74) is 0.0638. The minimum Gasteiger partial charge on any atom is -0.367 e. The van der Waals surface area contributed by atoms with Crippen LogP contribution in [0.3, 0.4) is 0 Å². The van der Waals surface area contributed by atoms with E-state index < -0.39 is 0 Å². The first-order valence-electron chi connectivity index (χ1n) is 6.86. The van der Waals surface area contributed by atoms with Crippen LogP contribution in [-0.2, 0) is 9.53 Å². The van der Waals surface area contributed by atoms with Gasteiger partial charge in [-0.15, -0.1) is 0 Å². The van der Waals surface area contributed by atoms with Gasteiger partial charge < -0.3 is 9.53 Å². The molecule has 0 unspecified atom stereocenters. The van der Waals surface area contributed by atoms with E-state index in [2.05, 4.69) is 6.92 Å². The highest BCUT2D eigenvalue weighted by Crippen LogP contribution is 2.60. The Morgan fingerprint density at radius 3 is 2.12 bits per heavy atom. The van der Waals surface area contributed by atoms with E-state index in [0.717, 1.165) is 36.4 Å². The van der Waals surface area contributed by atoms with Gasteiger partial charge in [-0.2, -0.15) is 0 Å². The first-order valence-corrected chi connectivity index (χ1v) is 6.86. The molecule has 0 amide bonds. The molecule has 0 atom stereocenters. The molecular weight excluding hydrogens is 200 g/mol. The molecule has 0 aromatic heterocycles. The molecule has 2 nitrogen and oxygen atoms in total. The van der Waals surface area contributed by atoms with Gasteiger partial charge in [-0.25, -0.2) is 0 Å². The van der Waals surface area contributed by atoms with Gasteiger partial charge in [0.15, 0.2) is 0 Å². The molecule has 0 N–H and O–H groups in total. The van der Waals surface area contributed by atoms with E-state index in [1.165, 1.54) is 32.1 Å². The third kappa shape index (κ3) is 1.38. The summed E-state index contributed by atoms with van der Waals surface area (Å²) in [5.74, 6) is 3.44. The van der Waals surface area contributed by atoms with Crippen molar-refractivity contribution >= 4 is 6.29 Å². The van der Waals surface area contributed by atoms with Crippen molar-refractivity contribution < 1.29 is 9.53 Å². The van der Waals surface area contributed by atoms with Gasteiger partial charge in [-0.1, -0.05) is 6.92 Å². The molecule has 0 aromatic carbocycles. The van der Waals surface area contributed by atoms with Gasteiger partial charge in [-0.3, -0.25) is 0 Å². The third-order valence-electron chi connectivity index (χ3n) is 5.49. The summed E-state index contributed by atoms with van der Waals surface area (Å²) in [6.07, 6.45) is 8.93. The normalized spacial score (nSPS) is 49.6. The van der Waals surface area contributed by atoms with E-state index in [1.54, 1.807) is 0 Å². The summed E-state index contributed by atoms with van der Waals surface area (Å²) in [5, 5.41) is 0. The number of hydrogen-bond acceptors (Lipinski definition) is 2. The lowest BCUT2D eigenvalue weighted by Crippen LogP contribution is -2.58. The molecule has 4 bridgehead atoms. The second-order valence-electron chi connectivity index (χ2n) is 6.09. The molecule has 0 radical (unpaired) electrons. The Balaban J connectivity index is 1.85. The molecule has 4 saturated carbocycles. The lowest BCUT2D eigenvalue weighted by molar-refractivity contribution is -0.203. The molecule has 0 saturated heterocycles. The largest absolute Gasteiger partial charge is 0.367 e. The number of carbonyl (C=O) groups is 1. The minimum atomic E-state index is 0.0638. The van der Waals surface area contributed by atoms with E-state index in [9.17, 15) is 4.79 Å². The Morgan fingerprint density at radius 1 is 1.12 bits per heavy atom. The average molecular weight is 222 g/mol. The Morgan fingerprint density at radius 2 is 1.69 bits per heavy atom. The van der Waals surface area contributed by atoms with Gasteiger partial charge in [0.05, 0.1) is 5.60 Å². The van der Waals surface area contributed by atoms with Crippen molar-refractivity contribution in [2.75, 3.05) is 6.61 Å². The summed E-state index contributed by atoms with van der Waals surface area (Å²) in [4.78, 5) is 10.6. The summed E-state index contributed by atoms with van der Waals surface area (Å²) in [6, 6.07) is 0. The molecule has 0 aromatic rings. The van der Waals surface area contributed by atoms with E-state index in [0.29, 0.717) is 6.61 Å². The fourth-order valence-electron chi connectivity index (χ4n) is 5.09. The zero-order chi connectivity index (χ0) is 11.2. The molecule has 2 heteroatoms. The highest BCUT2D eigenvalue weighted by molar-refractivity contribution is 5.50. The molecule has 4 rings (SSSR count). The van der Waals surface area contributed by atoms with E-state index in [4.69, 9.17) is 4.74 Å². The van der Waals surface area contributed by atoms with Gasteiger partial charge in [0.25, 0.3) is 0 Å². The van der Waals surface area contributed by atoms with Crippen LogP contribution in [0, 0.1) is 23.7 Å². The van der Waals surface area contributed by atoms with E-state index in [1.807, 2.05) is 0 Å². The Bertz CT molecular complexity index is 256. The highest BCUT2D eigenvalue weighted by Gasteiger charge is 2.56. The minimum absolute atomic E-state index is 0.0638. The maximum Gasteiger partial charge on any atom is 0.145 e. The summed E-state index contributed by atoms with van der Waals surface area (Å²) in [7, 11) is 0. The molecule has 4 aliphatic carbocycles. The van der Waals surface area contributed by atoms with Crippen LogP contribution >= 0.6 is 0 Å². The van der Waals surface area contributed by atoms with Crippen LogP contribution in [0.5, 0.6) is 0 Å². The fourth-order valence-corrected chi connectivity index (χ4v) is 5.09. The summed E-state index contributed by atoms with van der Waals surface area (Å²) >= 11 is 0. The highest BCUT2D eigenvalue weighted by atomic mass is 16.5. The van der Waals surface area contributed by atoms with Crippen LogP contribution in [0.25, 0.3) is 0 Å². The fraction of sp³-hybridized carbons (Fsp3) is 0.929. The molecule has 0 spiro atoms. The second kappa shape index (κ2) is 3.83. The lowest BCUT2D eigenvalue weighted by atomic mass is 9.49. The predicted molar refractivity (Wildman–Crippen MR) is 62.1 cm³/mol. The average Bonchev–Trinajstić information content (AvgIpc) is 2.28. The van der Waals surface area contributed by atoms with Crippen molar-refractivity contribution in [1.82, 2.24) is 0 Å². The maximum absolute atomic E-state index is 10.6. The molecule has 4 fully saturated rings. The molecule has 90 valence electrons. The van der Waals surface area contributed by atoms with Crippen molar-refractivity contribution in [3.8, 4) is 0 Å². The Kier molecular flexibility index (Phi) is 2.58. The van der Waals surface area contributed by atoms with Crippen LogP contribution in [0.2, 0.25) is 0 Å². The number of hydrogen-bond donors (Lipinski definition) is 0. The second-order valence-corrected chi connectivity index (χ2v) is 6.09. The predicted octanol–water partition coefficient (Wildman–Crippen LogP) is 2.81. The van der Waals surface area contributed by atoms with Gasteiger partial charge in [0, 0.05) is 0 Å². The van der Waals surface area contributed by atoms with E-state index >= 15 is 0 Å². The van der Waals surface area contributed by atoms with Crippen LogP contribution < -0.4 is 0 Å². The zero-order valence-corrected chi connectivity index (χ0v) is 10.2. The number of rotatable bonds is 4. The quantitative estimate of drug-likeness (QED) is 0.684. The van der Waals surface area contributed by atoms with Gasteiger partial charge in [0.1, 0.15) is 12.9 Å². The van der Waals surface area contributed by atoms with Crippen molar-refractivity contribution in [2.24, 2.45) is 23.7 Å². The summed E-state index contributed by atoms with van der Waals surface area (Å²) < 4.78 is 6.04. The number of ether oxygens (including phenoxy) is 1. The monoisotopic (exact) mass is 222 g/mol.